The molecule has 0 fully saturated rings. The third-order valence-electron chi connectivity index (χ3n) is 2.72. The number of rotatable bonds is 6. The van der Waals surface area contributed by atoms with Gasteiger partial charge in [-0.25, -0.2) is 4.79 Å². The second kappa shape index (κ2) is 6.76. The molecule has 0 radical (unpaired) electrons. The zero-order valence-electron chi connectivity index (χ0n) is 10.5. The van der Waals surface area contributed by atoms with E-state index < -0.39 is 18.1 Å². The molecule has 0 bridgehead atoms. The molecular weight excluding hydrogens is 232 g/mol. The van der Waals surface area contributed by atoms with Crippen molar-refractivity contribution >= 4 is 11.9 Å². The van der Waals surface area contributed by atoms with Crippen LogP contribution in [0.1, 0.15) is 12.5 Å². The van der Waals surface area contributed by atoms with Gasteiger partial charge in [0.2, 0.25) is 5.91 Å². The zero-order chi connectivity index (χ0) is 13.5. The molecule has 0 aliphatic carbocycles. The fraction of sp³-hybridized carbons (Fsp3) is 0.385. The van der Waals surface area contributed by atoms with Crippen molar-refractivity contribution in [1.82, 2.24) is 10.6 Å². The number of nitrogens with one attached hydrogen (secondary N) is 2. The normalized spacial score (nSPS) is 13.7. The van der Waals surface area contributed by atoms with E-state index in [9.17, 15) is 9.59 Å². The summed E-state index contributed by atoms with van der Waals surface area (Å²) in [7, 11) is 1.65. The Morgan fingerprint density at radius 2 is 1.89 bits per heavy atom. The summed E-state index contributed by atoms with van der Waals surface area (Å²) in [5.74, 6) is -1.35. The van der Waals surface area contributed by atoms with Crippen LogP contribution in [0.2, 0.25) is 0 Å². The molecular formula is C13H18N2O3. The van der Waals surface area contributed by atoms with Crippen LogP contribution < -0.4 is 10.6 Å². The summed E-state index contributed by atoms with van der Waals surface area (Å²) in [6.07, 6.45) is 0.276. The molecule has 1 amide bonds. The first-order valence-electron chi connectivity index (χ1n) is 5.79. The maximum atomic E-state index is 11.6. The summed E-state index contributed by atoms with van der Waals surface area (Å²) in [6.45, 7) is 1.68. The minimum Gasteiger partial charge on any atom is -0.480 e. The highest BCUT2D eigenvalue weighted by Crippen LogP contribution is 2.03. The summed E-state index contributed by atoms with van der Waals surface area (Å²) in [4.78, 5) is 22.8. The third-order valence-corrected chi connectivity index (χ3v) is 2.72. The van der Waals surface area contributed by atoms with Crippen molar-refractivity contribution in [2.45, 2.75) is 25.4 Å². The zero-order valence-corrected chi connectivity index (χ0v) is 10.5. The summed E-state index contributed by atoms with van der Waals surface area (Å²) < 4.78 is 0. The van der Waals surface area contributed by atoms with E-state index >= 15 is 0 Å². The van der Waals surface area contributed by atoms with E-state index in [1.807, 2.05) is 30.3 Å². The molecule has 0 spiro atoms. The van der Waals surface area contributed by atoms with E-state index in [1.165, 1.54) is 0 Å². The van der Waals surface area contributed by atoms with Gasteiger partial charge in [-0.3, -0.25) is 4.79 Å². The van der Waals surface area contributed by atoms with Gasteiger partial charge in [-0.15, -0.1) is 0 Å². The molecule has 1 rings (SSSR count). The molecule has 0 saturated heterocycles. The van der Waals surface area contributed by atoms with Crippen LogP contribution in [0.25, 0.3) is 0 Å². The van der Waals surface area contributed by atoms with E-state index in [0.717, 1.165) is 5.56 Å². The molecule has 5 nitrogen and oxygen atoms in total. The van der Waals surface area contributed by atoms with Crippen LogP contribution in [0.3, 0.4) is 0 Å². The molecule has 0 heterocycles. The van der Waals surface area contributed by atoms with Crippen molar-refractivity contribution in [3.8, 4) is 0 Å². The lowest BCUT2D eigenvalue weighted by Gasteiger charge is -2.17. The first-order valence-corrected chi connectivity index (χ1v) is 5.79. The molecule has 1 aromatic carbocycles. The van der Waals surface area contributed by atoms with Gasteiger partial charge in [-0.05, 0) is 19.5 Å². The minimum absolute atomic E-state index is 0.276. The van der Waals surface area contributed by atoms with Gasteiger partial charge in [0.1, 0.15) is 6.04 Å². The quantitative estimate of drug-likeness (QED) is 0.683. The summed E-state index contributed by atoms with van der Waals surface area (Å²) >= 11 is 0. The number of carbonyl (C=O) groups is 2. The first kappa shape index (κ1) is 14.2. The van der Waals surface area contributed by atoms with Gasteiger partial charge < -0.3 is 15.7 Å². The van der Waals surface area contributed by atoms with E-state index in [4.69, 9.17) is 5.11 Å². The van der Waals surface area contributed by atoms with Gasteiger partial charge >= 0.3 is 5.97 Å². The van der Waals surface area contributed by atoms with E-state index in [1.54, 1.807) is 14.0 Å². The molecule has 98 valence electrons. The largest absolute Gasteiger partial charge is 0.480 e. The predicted octanol–water partition coefficient (Wildman–Crippen LogP) is 0.406. The van der Waals surface area contributed by atoms with Crippen molar-refractivity contribution in [3.63, 3.8) is 0 Å². The Bertz CT molecular complexity index is 406. The van der Waals surface area contributed by atoms with E-state index in [0.29, 0.717) is 0 Å². The molecule has 1 aromatic rings. The highest BCUT2D eigenvalue weighted by Gasteiger charge is 2.22. The second-order valence-corrected chi connectivity index (χ2v) is 4.10. The van der Waals surface area contributed by atoms with Crippen molar-refractivity contribution in [3.05, 3.63) is 35.9 Å². The van der Waals surface area contributed by atoms with Crippen LogP contribution >= 0.6 is 0 Å². The van der Waals surface area contributed by atoms with Crippen LogP contribution in [0.5, 0.6) is 0 Å². The van der Waals surface area contributed by atoms with Crippen molar-refractivity contribution in [2.24, 2.45) is 0 Å². The van der Waals surface area contributed by atoms with Crippen LogP contribution in [0.4, 0.5) is 0 Å². The Balaban J connectivity index is 2.67. The Labute approximate surface area is 106 Å². The highest BCUT2D eigenvalue weighted by atomic mass is 16.4. The van der Waals surface area contributed by atoms with Gasteiger partial charge in [0, 0.05) is 6.42 Å². The van der Waals surface area contributed by atoms with Crippen molar-refractivity contribution < 1.29 is 14.7 Å². The average molecular weight is 250 g/mol. The summed E-state index contributed by atoms with van der Waals surface area (Å²) in [5, 5.41) is 14.4. The number of hydrogen-bond acceptors (Lipinski definition) is 3. The van der Waals surface area contributed by atoms with Gasteiger partial charge in [-0.1, -0.05) is 30.3 Å². The Kier molecular flexibility index (Phi) is 5.32. The van der Waals surface area contributed by atoms with Gasteiger partial charge in [0.05, 0.1) is 6.04 Å². The monoisotopic (exact) mass is 250 g/mol. The molecule has 0 saturated carbocycles. The highest BCUT2D eigenvalue weighted by molar-refractivity contribution is 5.86. The van der Waals surface area contributed by atoms with Gasteiger partial charge in [0.15, 0.2) is 0 Å². The number of benzene rings is 1. The summed E-state index contributed by atoms with van der Waals surface area (Å²) in [5.41, 5.74) is 0.877. The number of carboxylic acids is 1. The number of amides is 1. The van der Waals surface area contributed by atoms with E-state index in [2.05, 4.69) is 10.6 Å². The fourth-order valence-electron chi connectivity index (χ4n) is 1.48. The van der Waals surface area contributed by atoms with Crippen molar-refractivity contribution in [1.29, 1.82) is 0 Å². The predicted molar refractivity (Wildman–Crippen MR) is 68.2 cm³/mol. The molecule has 18 heavy (non-hydrogen) atoms. The standard InChI is InChI=1S/C13H18N2O3/c1-9(14-2)12(16)15-11(13(17)18)8-10-6-4-3-5-7-10/h3-7,9,11,14H,8H2,1-2H3,(H,15,16)(H,17,18)/t9-,11-/m0/s1. The molecule has 3 N–H and O–H groups in total. The van der Waals surface area contributed by atoms with Crippen molar-refractivity contribution in [2.75, 3.05) is 7.05 Å². The lowest BCUT2D eigenvalue weighted by atomic mass is 10.1. The Morgan fingerprint density at radius 1 is 1.28 bits per heavy atom. The molecule has 0 unspecified atom stereocenters. The SMILES string of the molecule is CN[C@@H](C)C(=O)N[C@@H](Cc1ccccc1)C(=O)O. The lowest BCUT2D eigenvalue weighted by Crippen LogP contribution is -2.49. The maximum absolute atomic E-state index is 11.6. The average Bonchev–Trinajstić information content (AvgIpc) is 2.37. The van der Waals surface area contributed by atoms with Crippen LogP contribution in [0, 0.1) is 0 Å². The number of carboxylic acid groups (broad SMARTS) is 1. The smallest absolute Gasteiger partial charge is 0.326 e. The van der Waals surface area contributed by atoms with Crippen LogP contribution in [-0.2, 0) is 16.0 Å². The lowest BCUT2D eigenvalue weighted by molar-refractivity contribution is -0.142. The molecule has 0 aliphatic rings. The van der Waals surface area contributed by atoms with E-state index in [-0.39, 0.29) is 12.3 Å². The molecule has 2 atom stereocenters. The van der Waals surface area contributed by atoms with Crippen LogP contribution in [-0.4, -0.2) is 36.1 Å². The number of hydrogen-bond donors (Lipinski definition) is 3. The maximum Gasteiger partial charge on any atom is 0.326 e. The third kappa shape index (κ3) is 4.18. The Hall–Kier alpha value is -1.88. The minimum atomic E-state index is -1.03. The fourth-order valence-corrected chi connectivity index (χ4v) is 1.48. The van der Waals surface area contributed by atoms with Gasteiger partial charge in [-0.2, -0.15) is 0 Å². The number of likely N-dealkylation sites (N-methyl/N-ethyl adjacent to an activating group) is 1. The summed E-state index contributed by atoms with van der Waals surface area (Å²) in [6, 6.07) is 7.89. The van der Waals surface area contributed by atoms with Crippen LogP contribution in [0.15, 0.2) is 30.3 Å². The van der Waals surface area contributed by atoms with Gasteiger partial charge in [0.25, 0.3) is 0 Å². The Morgan fingerprint density at radius 3 is 2.39 bits per heavy atom. The number of carbonyl (C=O) groups excluding carboxylic acids is 1. The first-order chi connectivity index (χ1) is 8.54. The molecule has 0 aromatic heterocycles. The molecule has 0 aliphatic heterocycles. The topological polar surface area (TPSA) is 78.4 Å². The second-order valence-electron chi connectivity index (χ2n) is 4.10. The number of aliphatic carboxylic acids is 1. The molecule has 5 heteroatoms.